The molecule has 1 aliphatic rings. The summed E-state index contributed by atoms with van der Waals surface area (Å²) < 4.78 is 0. The van der Waals surface area contributed by atoms with Crippen LogP contribution in [0.5, 0.6) is 0 Å². The molecule has 0 radical (unpaired) electrons. The molecule has 2 amide bonds. The van der Waals surface area contributed by atoms with Gasteiger partial charge < -0.3 is 5.73 Å². The van der Waals surface area contributed by atoms with Crippen molar-refractivity contribution in [1.82, 2.24) is 4.98 Å². The summed E-state index contributed by atoms with van der Waals surface area (Å²) in [5, 5.41) is 0. The monoisotopic (exact) mass is 219 g/mol. The molecule has 0 saturated carbocycles. The molecule has 5 heteroatoms. The molecule has 1 aromatic heterocycles. The highest BCUT2D eigenvalue weighted by Crippen LogP contribution is 2.25. The van der Waals surface area contributed by atoms with Gasteiger partial charge in [0.25, 0.3) is 0 Å². The molecule has 5 nitrogen and oxygen atoms in total. The summed E-state index contributed by atoms with van der Waals surface area (Å²) in [6, 6.07) is 3.69. The van der Waals surface area contributed by atoms with Gasteiger partial charge in [0, 0.05) is 19.2 Å². The first-order chi connectivity index (χ1) is 7.59. The molecule has 0 bridgehead atoms. The lowest BCUT2D eigenvalue weighted by Gasteiger charge is -2.16. The number of rotatable bonds is 2. The molecule has 1 atom stereocenters. The predicted molar refractivity (Wildman–Crippen MR) is 58.6 cm³/mol. The summed E-state index contributed by atoms with van der Waals surface area (Å²) in [7, 11) is 0. The standard InChI is InChI=1S/C11H13N3O2/c1-7-3-2-4-13-11(7)14-6-8(10(12)16)5-9(14)15/h2-4,8H,5-6H2,1H3,(H2,12,16). The number of aromatic nitrogens is 1. The Labute approximate surface area is 93.3 Å². The molecule has 84 valence electrons. The van der Waals surface area contributed by atoms with Crippen molar-refractivity contribution in [3.63, 3.8) is 0 Å². The van der Waals surface area contributed by atoms with E-state index in [4.69, 9.17) is 5.73 Å². The summed E-state index contributed by atoms with van der Waals surface area (Å²) in [4.78, 5) is 28.4. The highest BCUT2D eigenvalue weighted by Gasteiger charge is 2.34. The number of aryl methyl sites for hydroxylation is 1. The summed E-state index contributed by atoms with van der Waals surface area (Å²) in [6.07, 6.45) is 1.82. The van der Waals surface area contributed by atoms with Crippen LogP contribution < -0.4 is 10.6 Å². The molecule has 0 aromatic carbocycles. The fourth-order valence-corrected chi connectivity index (χ4v) is 1.86. The Kier molecular flexibility index (Phi) is 2.60. The topological polar surface area (TPSA) is 76.3 Å². The SMILES string of the molecule is Cc1cccnc1N1CC(C(N)=O)CC1=O. The average molecular weight is 219 g/mol. The molecule has 0 spiro atoms. The maximum Gasteiger partial charge on any atom is 0.229 e. The van der Waals surface area contributed by atoms with Crippen molar-refractivity contribution < 1.29 is 9.59 Å². The Balaban J connectivity index is 2.27. The Morgan fingerprint density at radius 1 is 1.62 bits per heavy atom. The molecule has 1 aliphatic heterocycles. The average Bonchev–Trinajstić information content (AvgIpc) is 2.61. The molecule has 1 unspecified atom stereocenters. The van der Waals surface area contributed by atoms with Crippen LogP contribution in [0.15, 0.2) is 18.3 Å². The maximum absolute atomic E-state index is 11.7. The number of primary amides is 1. The molecule has 2 rings (SSSR count). The highest BCUT2D eigenvalue weighted by atomic mass is 16.2. The van der Waals surface area contributed by atoms with Crippen molar-refractivity contribution in [2.75, 3.05) is 11.4 Å². The van der Waals surface area contributed by atoms with Gasteiger partial charge in [0.15, 0.2) is 0 Å². The number of anilines is 1. The molecule has 1 aromatic rings. The van der Waals surface area contributed by atoms with Crippen LogP contribution in [0.2, 0.25) is 0 Å². The van der Waals surface area contributed by atoms with Gasteiger partial charge in [-0.2, -0.15) is 0 Å². The summed E-state index contributed by atoms with van der Waals surface area (Å²) >= 11 is 0. The van der Waals surface area contributed by atoms with Crippen LogP contribution in [0, 0.1) is 12.8 Å². The van der Waals surface area contributed by atoms with Gasteiger partial charge in [-0.25, -0.2) is 4.98 Å². The third kappa shape index (κ3) is 1.76. The van der Waals surface area contributed by atoms with E-state index in [-0.39, 0.29) is 12.3 Å². The maximum atomic E-state index is 11.7. The molecule has 0 aliphatic carbocycles. The Morgan fingerprint density at radius 2 is 2.38 bits per heavy atom. The van der Waals surface area contributed by atoms with E-state index in [0.29, 0.717) is 12.4 Å². The van der Waals surface area contributed by atoms with Crippen LogP contribution in [0.25, 0.3) is 0 Å². The molecule has 1 fully saturated rings. The van der Waals surface area contributed by atoms with E-state index in [1.807, 2.05) is 19.1 Å². The normalized spacial score (nSPS) is 20.2. The first-order valence-electron chi connectivity index (χ1n) is 5.11. The number of hydrogen-bond donors (Lipinski definition) is 1. The summed E-state index contributed by atoms with van der Waals surface area (Å²) in [6.45, 7) is 2.22. The molecule has 2 N–H and O–H groups in total. The van der Waals surface area contributed by atoms with Gasteiger partial charge in [0.1, 0.15) is 5.82 Å². The van der Waals surface area contributed by atoms with Crippen LogP contribution in [-0.4, -0.2) is 23.3 Å². The van der Waals surface area contributed by atoms with Gasteiger partial charge in [0.05, 0.1) is 5.92 Å². The highest BCUT2D eigenvalue weighted by molar-refractivity contribution is 5.99. The van der Waals surface area contributed by atoms with Gasteiger partial charge in [-0.3, -0.25) is 14.5 Å². The number of pyridine rings is 1. The van der Waals surface area contributed by atoms with Crippen molar-refractivity contribution in [3.05, 3.63) is 23.9 Å². The van der Waals surface area contributed by atoms with Crippen molar-refractivity contribution >= 4 is 17.6 Å². The molecule has 2 heterocycles. The zero-order valence-electron chi connectivity index (χ0n) is 9.01. The van der Waals surface area contributed by atoms with Gasteiger partial charge >= 0.3 is 0 Å². The third-order valence-corrected chi connectivity index (χ3v) is 2.76. The van der Waals surface area contributed by atoms with Gasteiger partial charge in [0.2, 0.25) is 11.8 Å². The lowest BCUT2D eigenvalue weighted by Crippen LogP contribution is -2.29. The quantitative estimate of drug-likeness (QED) is 0.773. The zero-order chi connectivity index (χ0) is 11.7. The minimum Gasteiger partial charge on any atom is -0.369 e. The number of carbonyl (C=O) groups excluding carboxylic acids is 2. The van der Waals surface area contributed by atoms with E-state index in [9.17, 15) is 9.59 Å². The number of carbonyl (C=O) groups is 2. The number of hydrogen-bond acceptors (Lipinski definition) is 3. The number of nitrogens with two attached hydrogens (primary N) is 1. The van der Waals surface area contributed by atoms with Crippen molar-refractivity contribution in [2.24, 2.45) is 11.7 Å². The predicted octanol–water partition coefficient (Wildman–Crippen LogP) is 0.228. The largest absolute Gasteiger partial charge is 0.369 e. The Morgan fingerprint density at radius 3 is 2.94 bits per heavy atom. The van der Waals surface area contributed by atoms with E-state index in [1.54, 1.807) is 6.20 Å². The van der Waals surface area contributed by atoms with E-state index >= 15 is 0 Å². The van der Waals surface area contributed by atoms with E-state index < -0.39 is 11.8 Å². The second kappa shape index (κ2) is 3.92. The Bertz CT molecular complexity index is 445. The molecular weight excluding hydrogens is 206 g/mol. The van der Waals surface area contributed by atoms with Crippen LogP contribution >= 0.6 is 0 Å². The van der Waals surface area contributed by atoms with E-state index in [0.717, 1.165) is 5.56 Å². The van der Waals surface area contributed by atoms with Crippen LogP contribution in [-0.2, 0) is 9.59 Å². The molecular formula is C11H13N3O2. The van der Waals surface area contributed by atoms with Gasteiger partial charge in [-0.1, -0.05) is 6.07 Å². The first kappa shape index (κ1) is 10.6. The Hall–Kier alpha value is -1.91. The van der Waals surface area contributed by atoms with E-state index in [1.165, 1.54) is 4.90 Å². The van der Waals surface area contributed by atoms with Crippen molar-refractivity contribution in [1.29, 1.82) is 0 Å². The van der Waals surface area contributed by atoms with Crippen LogP contribution in [0.4, 0.5) is 5.82 Å². The summed E-state index contributed by atoms with van der Waals surface area (Å²) in [5.74, 6) is -0.291. The first-order valence-corrected chi connectivity index (χ1v) is 5.11. The van der Waals surface area contributed by atoms with Crippen molar-refractivity contribution in [3.8, 4) is 0 Å². The zero-order valence-corrected chi connectivity index (χ0v) is 9.01. The fourth-order valence-electron chi connectivity index (χ4n) is 1.86. The van der Waals surface area contributed by atoms with Gasteiger partial charge in [-0.05, 0) is 18.6 Å². The smallest absolute Gasteiger partial charge is 0.229 e. The van der Waals surface area contributed by atoms with Crippen LogP contribution in [0.1, 0.15) is 12.0 Å². The lowest BCUT2D eigenvalue weighted by atomic mass is 10.1. The fraction of sp³-hybridized carbons (Fsp3) is 0.364. The third-order valence-electron chi connectivity index (χ3n) is 2.76. The molecule has 16 heavy (non-hydrogen) atoms. The van der Waals surface area contributed by atoms with Crippen LogP contribution in [0.3, 0.4) is 0 Å². The minimum absolute atomic E-state index is 0.0920. The minimum atomic E-state index is -0.426. The number of nitrogens with zero attached hydrogens (tertiary/aromatic N) is 2. The lowest BCUT2D eigenvalue weighted by molar-refractivity contribution is -0.123. The van der Waals surface area contributed by atoms with Crippen molar-refractivity contribution in [2.45, 2.75) is 13.3 Å². The molecule has 1 saturated heterocycles. The van der Waals surface area contributed by atoms with E-state index in [2.05, 4.69) is 4.98 Å². The van der Waals surface area contributed by atoms with Gasteiger partial charge in [-0.15, -0.1) is 0 Å². The second-order valence-electron chi connectivity index (χ2n) is 3.95. The summed E-state index contributed by atoms with van der Waals surface area (Å²) in [5.41, 5.74) is 6.12. The number of amides is 2. The second-order valence-corrected chi connectivity index (χ2v) is 3.95.